The van der Waals surface area contributed by atoms with Crippen LogP contribution < -0.4 is 5.32 Å². The zero-order valence-corrected chi connectivity index (χ0v) is 19.2. The minimum Gasteiger partial charge on any atom is -0.458 e. The molecule has 168 valence electrons. The monoisotopic (exact) mass is 459 g/mol. The van der Waals surface area contributed by atoms with Crippen molar-refractivity contribution in [1.29, 1.82) is 0 Å². The van der Waals surface area contributed by atoms with Crippen LogP contribution >= 0.6 is 11.3 Å². The Labute approximate surface area is 196 Å². The van der Waals surface area contributed by atoms with Gasteiger partial charge in [0.25, 0.3) is 5.91 Å². The maximum Gasteiger partial charge on any atom is 0.254 e. The fraction of sp³-hybridized carbons (Fsp3) is 0.269. The number of piperidine rings is 1. The standard InChI is InChI=1S/C26H25N3O3S/c1-17-28-23(16-33-17)24-12-11-20(32-24)14-27-25(30)19-8-5-13-29(15-19)26(31)22-10-4-7-18-6-2-3-9-21(18)22/h2-4,6-7,9-12,16,19H,5,8,13-15H2,1H3,(H,27,30)/t19-/m1/s1. The van der Waals surface area contributed by atoms with Crippen molar-refractivity contribution in [3.05, 3.63) is 76.3 Å². The molecule has 33 heavy (non-hydrogen) atoms. The molecule has 0 bridgehead atoms. The first-order chi connectivity index (χ1) is 16.1. The number of carbonyl (C=O) groups excluding carboxylic acids is 2. The Kier molecular flexibility index (Phi) is 5.96. The number of carbonyl (C=O) groups is 2. The molecule has 0 saturated carbocycles. The van der Waals surface area contributed by atoms with E-state index in [9.17, 15) is 9.59 Å². The van der Waals surface area contributed by atoms with Crippen molar-refractivity contribution >= 4 is 33.9 Å². The van der Waals surface area contributed by atoms with Crippen molar-refractivity contribution in [2.45, 2.75) is 26.3 Å². The smallest absolute Gasteiger partial charge is 0.254 e. The van der Waals surface area contributed by atoms with Gasteiger partial charge in [-0.2, -0.15) is 0 Å². The van der Waals surface area contributed by atoms with Gasteiger partial charge in [-0.3, -0.25) is 9.59 Å². The van der Waals surface area contributed by atoms with Crippen molar-refractivity contribution in [3.63, 3.8) is 0 Å². The Bertz CT molecular complexity index is 1300. The van der Waals surface area contributed by atoms with Crippen LogP contribution in [0.1, 0.15) is 34.0 Å². The van der Waals surface area contributed by atoms with Crippen LogP contribution in [0.3, 0.4) is 0 Å². The zero-order chi connectivity index (χ0) is 22.8. The van der Waals surface area contributed by atoms with Crippen LogP contribution in [0.25, 0.3) is 22.2 Å². The van der Waals surface area contributed by atoms with Gasteiger partial charge in [-0.25, -0.2) is 4.98 Å². The molecule has 6 nitrogen and oxygen atoms in total. The van der Waals surface area contributed by atoms with Crippen molar-refractivity contribution < 1.29 is 14.0 Å². The van der Waals surface area contributed by atoms with E-state index >= 15 is 0 Å². The van der Waals surface area contributed by atoms with E-state index in [1.165, 1.54) is 0 Å². The molecule has 1 atom stereocenters. The highest BCUT2D eigenvalue weighted by Crippen LogP contribution is 2.25. The van der Waals surface area contributed by atoms with E-state index in [0.717, 1.165) is 34.3 Å². The van der Waals surface area contributed by atoms with Gasteiger partial charge in [0.15, 0.2) is 5.76 Å². The summed E-state index contributed by atoms with van der Waals surface area (Å²) in [6, 6.07) is 17.4. The van der Waals surface area contributed by atoms with Crippen LogP contribution in [0.5, 0.6) is 0 Å². The molecule has 0 radical (unpaired) electrons. The Morgan fingerprint density at radius 3 is 2.85 bits per heavy atom. The van der Waals surface area contributed by atoms with Crippen LogP contribution in [-0.4, -0.2) is 34.8 Å². The van der Waals surface area contributed by atoms with Gasteiger partial charge < -0.3 is 14.6 Å². The van der Waals surface area contributed by atoms with Gasteiger partial charge in [-0.1, -0.05) is 36.4 Å². The maximum absolute atomic E-state index is 13.3. The highest BCUT2D eigenvalue weighted by molar-refractivity contribution is 7.09. The molecular weight excluding hydrogens is 434 g/mol. The average molecular weight is 460 g/mol. The number of aryl methyl sites for hydroxylation is 1. The number of nitrogens with one attached hydrogen (secondary N) is 1. The summed E-state index contributed by atoms with van der Waals surface area (Å²) < 4.78 is 5.84. The number of furan rings is 1. The summed E-state index contributed by atoms with van der Waals surface area (Å²) in [4.78, 5) is 32.4. The molecule has 2 amide bonds. The average Bonchev–Trinajstić information content (AvgIpc) is 3.50. The minimum atomic E-state index is -0.228. The third-order valence-corrected chi connectivity index (χ3v) is 6.84. The first-order valence-electron chi connectivity index (χ1n) is 11.1. The third kappa shape index (κ3) is 4.54. The Morgan fingerprint density at radius 1 is 1.15 bits per heavy atom. The molecular formula is C26H25N3O3S. The lowest BCUT2D eigenvalue weighted by Crippen LogP contribution is -2.45. The van der Waals surface area contributed by atoms with Crippen LogP contribution in [0.2, 0.25) is 0 Å². The van der Waals surface area contributed by atoms with Crippen molar-refractivity contribution in [3.8, 4) is 11.5 Å². The van der Waals surface area contributed by atoms with Crippen molar-refractivity contribution in [1.82, 2.24) is 15.2 Å². The molecule has 1 fully saturated rings. The summed E-state index contributed by atoms with van der Waals surface area (Å²) in [5, 5.41) is 7.91. The number of nitrogens with zero attached hydrogens (tertiary/aromatic N) is 2. The SMILES string of the molecule is Cc1nc(-c2ccc(CNC(=O)[C@@H]3CCCN(C(=O)c4cccc5ccccc45)C3)o2)cs1. The molecule has 1 saturated heterocycles. The molecule has 1 aliphatic heterocycles. The van der Waals surface area contributed by atoms with E-state index in [-0.39, 0.29) is 17.7 Å². The van der Waals surface area contributed by atoms with Crippen LogP contribution in [0.15, 0.2) is 64.4 Å². The highest BCUT2D eigenvalue weighted by atomic mass is 32.1. The van der Waals surface area contributed by atoms with Crippen molar-refractivity contribution in [2.75, 3.05) is 13.1 Å². The lowest BCUT2D eigenvalue weighted by Gasteiger charge is -2.32. The van der Waals surface area contributed by atoms with E-state index in [1.54, 1.807) is 11.3 Å². The largest absolute Gasteiger partial charge is 0.458 e. The summed E-state index contributed by atoms with van der Waals surface area (Å²) in [6.45, 7) is 3.36. The molecule has 4 aromatic rings. The number of amides is 2. The fourth-order valence-electron chi connectivity index (χ4n) is 4.36. The lowest BCUT2D eigenvalue weighted by molar-refractivity contribution is -0.126. The van der Waals surface area contributed by atoms with Gasteiger partial charge in [-0.05, 0) is 48.7 Å². The zero-order valence-electron chi connectivity index (χ0n) is 18.4. The first kappa shape index (κ1) is 21.4. The Morgan fingerprint density at radius 2 is 2.00 bits per heavy atom. The Balaban J connectivity index is 1.22. The lowest BCUT2D eigenvalue weighted by atomic mass is 9.95. The van der Waals surface area contributed by atoms with Gasteiger partial charge in [0.05, 0.1) is 17.5 Å². The van der Waals surface area contributed by atoms with Gasteiger partial charge in [-0.15, -0.1) is 11.3 Å². The van der Waals surface area contributed by atoms with Crippen molar-refractivity contribution in [2.24, 2.45) is 5.92 Å². The summed E-state index contributed by atoms with van der Waals surface area (Å²) in [7, 11) is 0. The Hall–Kier alpha value is -3.45. The second-order valence-electron chi connectivity index (χ2n) is 8.35. The third-order valence-electron chi connectivity index (χ3n) is 6.07. The van der Waals surface area contributed by atoms with Gasteiger partial charge in [0.1, 0.15) is 11.5 Å². The predicted molar refractivity (Wildman–Crippen MR) is 129 cm³/mol. The number of benzene rings is 2. The summed E-state index contributed by atoms with van der Waals surface area (Å²) in [5.41, 5.74) is 1.50. The van der Waals surface area contributed by atoms with E-state index in [4.69, 9.17) is 4.42 Å². The van der Waals surface area contributed by atoms with E-state index < -0.39 is 0 Å². The van der Waals surface area contributed by atoms with E-state index in [2.05, 4.69) is 10.3 Å². The van der Waals surface area contributed by atoms with Crippen LogP contribution in [-0.2, 0) is 11.3 Å². The summed E-state index contributed by atoms with van der Waals surface area (Å²) in [5.74, 6) is 1.09. The van der Waals surface area contributed by atoms with Crippen LogP contribution in [0, 0.1) is 12.8 Å². The second-order valence-corrected chi connectivity index (χ2v) is 9.41. The first-order valence-corrected chi connectivity index (χ1v) is 12.0. The molecule has 0 aliphatic carbocycles. The quantitative estimate of drug-likeness (QED) is 0.454. The van der Waals surface area contributed by atoms with Gasteiger partial charge in [0.2, 0.25) is 5.91 Å². The number of aromatic nitrogens is 1. The van der Waals surface area contributed by atoms with E-state index in [1.807, 2.05) is 71.8 Å². The molecule has 1 aliphatic rings. The van der Waals surface area contributed by atoms with E-state index in [0.29, 0.717) is 36.7 Å². The number of fused-ring (bicyclic) bond motifs is 1. The van der Waals surface area contributed by atoms with Crippen LogP contribution in [0.4, 0.5) is 0 Å². The molecule has 2 aromatic carbocycles. The second kappa shape index (κ2) is 9.19. The fourth-order valence-corrected chi connectivity index (χ4v) is 4.97. The summed E-state index contributed by atoms with van der Waals surface area (Å²) in [6.07, 6.45) is 1.58. The van der Waals surface area contributed by atoms with Gasteiger partial charge >= 0.3 is 0 Å². The highest BCUT2D eigenvalue weighted by Gasteiger charge is 2.29. The molecule has 2 aromatic heterocycles. The minimum absolute atomic E-state index is 0.0152. The molecule has 0 unspecified atom stereocenters. The number of hydrogen-bond donors (Lipinski definition) is 1. The maximum atomic E-state index is 13.3. The summed E-state index contributed by atoms with van der Waals surface area (Å²) >= 11 is 1.57. The number of thiazole rings is 1. The molecule has 1 N–H and O–H groups in total. The molecule has 7 heteroatoms. The molecule has 3 heterocycles. The molecule has 5 rings (SSSR count). The van der Waals surface area contributed by atoms with Gasteiger partial charge in [0, 0.05) is 24.0 Å². The number of likely N-dealkylation sites (tertiary alicyclic amines) is 1. The normalized spacial score (nSPS) is 16.2. The molecule has 0 spiro atoms. The topological polar surface area (TPSA) is 75.4 Å². The predicted octanol–water partition coefficient (Wildman–Crippen LogP) is 5.03. The number of rotatable bonds is 5. The number of hydrogen-bond acceptors (Lipinski definition) is 5.